The van der Waals surface area contributed by atoms with Gasteiger partial charge in [0.15, 0.2) is 6.29 Å². The van der Waals surface area contributed by atoms with Crippen LogP contribution in [0.3, 0.4) is 0 Å². The third-order valence-corrected chi connectivity index (χ3v) is 3.92. The van der Waals surface area contributed by atoms with Crippen LogP contribution in [0.2, 0.25) is 0 Å². The fraction of sp³-hybridized carbons (Fsp3) is 0.250. The Kier molecular flexibility index (Phi) is 3.58. The predicted molar refractivity (Wildman–Crippen MR) is 81.8 cm³/mol. The van der Waals surface area contributed by atoms with Gasteiger partial charge in [0, 0.05) is 37.7 Å². The number of rotatable bonds is 5. The van der Waals surface area contributed by atoms with E-state index in [2.05, 4.69) is 21.4 Å². The average Bonchev–Trinajstić information content (AvgIpc) is 3.16. The number of carbonyl (C=O) groups is 1. The zero-order valence-corrected chi connectivity index (χ0v) is 11.8. The van der Waals surface area contributed by atoms with Crippen molar-refractivity contribution in [2.24, 2.45) is 0 Å². The Morgan fingerprint density at radius 1 is 1.29 bits per heavy atom. The van der Waals surface area contributed by atoms with Gasteiger partial charge in [0.25, 0.3) is 0 Å². The van der Waals surface area contributed by atoms with Gasteiger partial charge in [0.2, 0.25) is 5.79 Å². The molecule has 108 valence electrons. The van der Waals surface area contributed by atoms with Gasteiger partial charge in [0.05, 0.1) is 6.33 Å². The van der Waals surface area contributed by atoms with Gasteiger partial charge in [-0.2, -0.15) is 0 Å². The Morgan fingerprint density at radius 3 is 2.71 bits per heavy atom. The molecule has 0 bridgehead atoms. The third kappa shape index (κ3) is 2.06. The van der Waals surface area contributed by atoms with Crippen molar-refractivity contribution in [1.29, 1.82) is 0 Å². The minimum Gasteiger partial charge on any atom is -0.328 e. The molecule has 0 aliphatic carbocycles. The molecule has 0 spiro atoms. The number of hydrogen-bond donors (Lipinski definition) is 0. The zero-order chi connectivity index (χ0) is 14.7. The predicted octanol–water partition coefficient (Wildman–Crippen LogP) is 1.70. The van der Waals surface area contributed by atoms with Crippen molar-refractivity contribution in [3.05, 3.63) is 61.7 Å². The van der Waals surface area contributed by atoms with E-state index in [9.17, 15) is 4.79 Å². The molecule has 1 aromatic carbocycles. The Bertz CT molecular complexity index is 610. The maximum absolute atomic E-state index is 12.1. The monoisotopic (exact) mass is 282 g/mol. The van der Waals surface area contributed by atoms with Crippen molar-refractivity contribution in [1.82, 2.24) is 14.5 Å². The van der Waals surface area contributed by atoms with Crippen LogP contribution in [0.4, 0.5) is 5.69 Å². The van der Waals surface area contributed by atoms with E-state index < -0.39 is 5.79 Å². The molecule has 0 saturated carbocycles. The Hall–Kier alpha value is -2.40. The third-order valence-electron chi connectivity index (χ3n) is 3.92. The summed E-state index contributed by atoms with van der Waals surface area (Å²) in [5.74, 6) is -0.883. The van der Waals surface area contributed by atoms with E-state index in [4.69, 9.17) is 0 Å². The first kappa shape index (κ1) is 13.6. The van der Waals surface area contributed by atoms with Gasteiger partial charge in [0.1, 0.15) is 0 Å². The summed E-state index contributed by atoms with van der Waals surface area (Å²) in [7, 11) is 0. The summed E-state index contributed by atoms with van der Waals surface area (Å²) < 4.78 is 1.85. The van der Waals surface area contributed by atoms with Gasteiger partial charge in [-0.25, -0.2) is 4.98 Å². The van der Waals surface area contributed by atoms with Gasteiger partial charge in [-0.15, -0.1) is 6.58 Å². The van der Waals surface area contributed by atoms with Crippen LogP contribution in [0.25, 0.3) is 0 Å². The molecule has 5 nitrogen and oxygen atoms in total. The van der Waals surface area contributed by atoms with E-state index >= 15 is 0 Å². The molecule has 2 aromatic rings. The second-order valence-electron chi connectivity index (χ2n) is 5.00. The van der Waals surface area contributed by atoms with Crippen LogP contribution in [0.1, 0.15) is 0 Å². The molecular weight excluding hydrogens is 264 g/mol. The molecule has 1 aromatic heterocycles. The number of nitrogens with zero attached hydrogens (tertiary/aromatic N) is 4. The van der Waals surface area contributed by atoms with Crippen molar-refractivity contribution in [2.45, 2.75) is 5.79 Å². The maximum Gasteiger partial charge on any atom is 0.235 e. The molecule has 5 heteroatoms. The number of benzene rings is 1. The molecule has 21 heavy (non-hydrogen) atoms. The molecule has 2 heterocycles. The van der Waals surface area contributed by atoms with Crippen molar-refractivity contribution in [2.75, 3.05) is 24.5 Å². The van der Waals surface area contributed by atoms with Crippen molar-refractivity contribution in [3.63, 3.8) is 0 Å². The summed E-state index contributed by atoms with van der Waals surface area (Å²) in [4.78, 5) is 20.4. The lowest BCUT2D eigenvalue weighted by atomic mass is 10.2. The summed E-state index contributed by atoms with van der Waals surface area (Å²) in [5.41, 5.74) is 1.02. The molecule has 1 saturated heterocycles. The first-order valence-corrected chi connectivity index (χ1v) is 6.96. The molecule has 0 radical (unpaired) electrons. The lowest BCUT2D eigenvalue weighted by molar-refractivity contribution is -0.121. The average molecular weight is 282 g/mol. The first-order valence-electron chi connectivity index (χ1n) is 6.96. The normalized spacial score (nSPS) is 22.4. The summed E-state index contributed by atoms with van der Waals surface area (Å²) in [6, 6.07) is 9.98. The minimum absolute atomic E-state index is 0.639. The minimum atomic E-state index is -0.883. The fourth-order valence-corrected chi connectivity index (χ4v) is 2.98. The van der Waals surface area contributed by atoms with Crippen LogP contribution in [0.5, 0.6) is 0 Å². The van der Waals surface area contributed by atoms with E-state index in [0.29, 0.717) is 6.54 Å². The molecule has 1 aliphatic rings. The summed E-state index contributed by atoms with van der Waals surface area (Å²) in [5, 5.41) is 0. The van der Waals surface area contributed by atoms with E-state index in [0.717, 1.165) is 25.1 Å². The van der Waals surface area contributed by atoms with E-state index in [1.165, 1.54) is 0 Å². The topological polar surface area (TPSA) is 41.4 Å². The first-order chi connectivity index (χ1) is 10.3. The molecule has 1 atom stereocenters. The Balaban J connectivity index is 2.11. The van der Waals surface area contributed by atoms with Gasteiger partial charge < -0.3 is 4.90 Å². The Morgan fingerprint density at radius 2 is 2.10 bits per heavy atom. The largest absolute Gasteiger partial charge is 0.328 e. The number of carbonyl (C=O) groups excluding carboxylic acids is 1. The molecule has 0 N–H and O–H groups in total. The SMILES string of the molecule is C=CCN1CCN(c2ccccc2)C1(C=O)n1ccnc1. The Labute approximate surface area is 124 Å². The highest BCUT2D eigenvalue weighted by molar-refractivity contribution is 5.70. The van der Waals surface area contributed by atoms with E-state index in [-0.39, 0.29) is 0 Å². The second-order valence-corrected chi connectivity index (χ2v) is 5.00. The van der Waals surface area contributed by atoms with Gasteiger partial charge in [-0.05, 0) is 12.1 Å². The number of aldehydes is 1. The molecule has 3 rings (SSSR count). The van der Waals surface area contributed by atoms with E-state index in [1.54, 1.807) is 12.5 Å². The quantitative estimate of drug-likeness (QED) is 0.618. The van der Waals surface area contributed by atoms with Crippen LogP contribution in [-0.4, -0.2) is 40.4 Å². The summed E-state index contributed by atoms with van der Waals surface area (Å²) >= 11 is 0. The van der Waals surface area contributed by atoms with Gasteiger partial charge in [-0.1, -0.05) is 24.3 Å². The fourth-order valence-electron chi connectivity index (χ4n) is 2.98. The van der Waals surface area contributed by atoms with E-state index in [1.807, 2.05) is 47.2 Å². The lowest BCUT2D eigenvalue weighted by Gasteiger charge is -2.40. The standard InChI is InChI=1S/C16H18N4O/c1-2-9-18-11-12-20(15-6-4-3-5-7-15)16(18,13-21)19-10-8-17-14-19/h2-8,10,13-14H,1,9,11-12H2. The van der Waals surface area contributed by atoms with Crippen molar-refractivity contribution < 1.29 is 4.79 Å². The van der Waals surface area contributed by atoms with Crippen LogP contribution < -0.4 is 4.90 Å². The number of anilines is 1. The summed E-state index contributed by atoms with van der Waals surface area (Å²) in [6.45, 7) is 6.00. The molecule has 1 fully saturated rings. The van der Waals surface area contributed by atoms with Crippen molar-refractivity contribution >= 4 is 12.0 Å². The highest BCUT2D eigenvalue weighted by Gasteiger charge is 2.48. The van der Waals surface area contributed by atoms with Crippen LogP contribution in [0.15, 0.2) is 61.7 Å². The highest BCUT2D eigenvalue weighted by Crippen LogP contribution is 2.34. The highest BCUT2D eigenvalue weighted by atomic mass is 16.1. The van der Waals surface area contributed by atoms with Crippen LogP contribution >= 0.6 is 0 Å². The van der Waals surface area contributed by atoms with Crippen molar-refractivity contribution in [3.8, 4) is 0 Å². The molecule has 0 amide bonds. The molecular formula is C16H18N4O. The number of para-hydroxylation sites is 1. The van der Waals surface area contributed by atoms with Gasteiger partial charge >= 0.3 is 0 Å². The summed E-state index contributed by atoms with van der Waals surface area (Å²) in [6.07, 6.45) is 8.01. The van der Waals surface area contributed by atoms with Crippen LogP contribution in [0, 0.1) is 0 Å². The molecule has 1 unspecified atom stereocenters. The molecule has 1 aliphatic heterocycles. The maximum atomic E-state index is 12.1. The van der Waals surface area contributed by atoms with Gasteiger partial charge in [-0.3, -0.25) is 14.3 Å². The number of hydrogen-bond acceptors (Lipinski definition) is 4. The number of imidazole rings is 1. The number of aromatic nitrogens is 2. The zero-order valence-electron chi connectivity index (χ0n) is 11.8. The lowest BCUT2D eigenvalue weighted by Crippen LogP contribution is -2.56. The smallest absolute Gasteiger partial charge is 0.235 e. The van der Waals surface area contributed by atoms with Crippen LogP contribution in [-0.2, 0) is 10.6 Å². The second kappa shape index (κ2) is 5.54.